The average molecular weight is 431 g/mol. The topological polar surface area (TPSA) is 48.5 Å². The second-order valence-electron chi connectivity index (χ2n) is 6.89. The van der Waals surface area contributed by atoms with Gasteiger partial charge in [-0.3, -0.25) is 9.69 Å². The maximum absolute atomic E-state index is 13.4. The minimum Gasteiger partial charge on any atom is -0.354 e. The van der Waals surface area contributed by atoms with Crippen LogP contribution in [0.5, 0.6) is 0 Å². The molecule has 2 heterocycles. The van der Waals surface area contributed by atoms with Crippen molar-refractivity contribution in [3.8, 4) is 0 Å². The standard InChI is InChI=1S/C21H23FN4OS2/c22-16-6-7-18-19(14-16)29-21(24-18)26-12-10-25(11-13-26)9-8-23-20(27)15-28-17-4-2-1-3-5-17/h1-7,14H,8-13,15H2,(H,23,27). The zero-order valence-corrected chi connectivity index (χ0v) is 17.6. The molecular weight excluding hydrogens is 407 g/mol. The first-order valence-corrected chi connectivity index (χ1v) is 11.5. The number of carbonyl (C=O) groups excluding carboxylic acids is 1. The van der Waals surface area contributed by atoms with Gasteiger partial charge in [-0.05, 0) is 30.3 Å². The number of piperazine rings is 1. The highest BCUT2D eigenvalue weighted by Crippen LogP contribution is 2.29. The van der Waals surface area contributed by atoms with Gasteiger partial charge in [0.05, 0.1) is 16.0 Å². The van der Waals surface area contributed by atoms with Gasteiger partial charge in [0.2, 0.25) is 5.91 Å². The third kappa shape index (κ3) is 5.46. The number of amides is 1. The molecule has 4 rings (SSSR count). The van der Waals surface area contributed by atoms with E-state index in [1.165, 1.54) is 6.07 Å². The smallest absolute Gasteiger partial charge is 0.230 e. The van der Waals surface area contributed by atoms with Crippen LogP contribution in [0.3, 0.4) is 0 Å². The molecule has 0 radical (unpaired) electrons. The molecule has 1 saturated heterocycles. The number of anilines is 1. The van der Waals surface area contributed by atoms with E-state index >= 15 is 0 Å². The first-order chi connectivity index (χ1) is 14.2. The normalized spacial score (nSPS) is 15.0. The fourth-order valence-electron chi connectivity index (χ4n) is 3.25. The first-order valence-electron chi connectivity index (χ1n) is 9.65. The van der Waals surface area contributed by atoms with E-state index in [1.54, 1.807) is 35.2 Å². The van der Waals surface area contributed by atoms with E-state index < -0.39 is 0 Å². The number of rotatable bonds is 7. The van der Waals surface area contributed by atoms with Crippen molar-refractivity contribution >= 4 is 44.4 Å². The maximum atomic E-state index is 13.4. The number of hydrogen-bond donors (Lipinski definition) is 1. The van der Waals surface area contributed by atoms with Gasteiger partial charge < -0.3 is 10.2 Å². The Hall–Kier alpha value is -2.16. The quantitative estimate of drug-likeness (QED) is 0.582. The molecule has 0 spiro atoms. The molecule has 1 amide bonds. The van der Waals surface area contributed by atoms with Gasteiger partial charge in [-0.25, -0.2) is 9.37 Å². The monoisotopic (exact) mass is 430 g/mol. The summed E-state index contributed by atoms with van der Waals surface area (Å²) < 4.78 is 14.3. The summed E-state index contributed by atoms with van der Waals surface area (Å²) in [6, 6.07) is 14.7. The van der Waals surface area contributed by atoms with E-state index in [1.807, 2.05) is 30.3 Å². The van der Waals surface area contributed by atoms with Crippen molar-refractivity contribution in [2.45, 2.75) is 4.90 Å². The molecule has 152 valence electrons. The summed E-state index contributed by atoms with van der Waals surface area (Å²) in [5.74, 6) is 0.289. The van der Waals surface area contributed by atoms with Gasteiger partial charge in [-0.15, -0.1) is 11.8 Å². The van der Waals surface area contributed by atoms with Crippen LogP contribution in [0.2, 0.25) is 0 Å². The van der Waals surface area contributed by atoms with E-state index in [4.69, 9.17) is 0 Å². The van der Waals surface area contributed by atoms with Crippen LogP contribution >= 0.6 is 23.1 Å². The van der Waals surface area contributed by atoms with Gasteiger partial charge in [0.1, 0.15) is 5.82 Å². The molecule has 29 heavy (non-hydrogen) atoms. The van der Waals surface area contributed by atoms with Crippen molar-refractivity contribution in [3.05, 3.63) is 54.3 Å². The predicted octanol–water partition coefficient (Wildman–Crippen LogP) is 3.47. The highest BCUT2D eigenvalue weighted by Gasteiger charge is 2.19. The van der Waals surface area contributed by atoms with Gasteiger partial charge in [-0.2, -0.15) is 0 Å². The summed E-state index contributed by atoms with van der Waals surface area (Å²) in [7, 11) is 0. The Morgan fingerprint density at radius 3 is 2.72 bits per heavy atom. The summed E-state index contributed by atoms with van der Waals surface area (Å²) in [4.78, 5) is 22.4. The van der Waals surface area contributed by atoms with Crippen molar-refractivity contribution in [2.75, 3.05) is 49.9 Å². The molecule has 1 aliphatic heterocycles. The summed E-state index contributed by atoms with van der Waals surface area (Å²) >= 11 is 3.09. The molecule has 0 aliphatic carbocycles. The van der Waals surface area contributed by atoms with E-state index in [0.717, 1.165) is 53.0 Å². The minimum atomic E-state index is -0.221. The second kappa shape index (κ2) is 9.56. The third-order valence-electron chi connectivity index (χ3n) is 4.85. The molecule has 1 N–H and O–H groups in total. The van der Waals surface area contributed by atoms with E-state index in [9.17, 15) is 9.18 Å². The minimum absolute atomic E-state index is 0.0687. The predicted molar refractivity (Wildman–Crippen MR) is 118 cm³/mol. The van der Waals surface area contributed by atoms with Crippen LogP contribution in [0, 0.1) is 5.82 Å². The highest BCUT2D eigenvalue weighted by molar-refractivity contribution is 8.00. The zero-order valence-electron chi connectivity index (χ0n) is 16.0. The van der Waals surface area contributed by atoms with Crippen LogP contribution in [-0.4, -0.2) is 60.8 Å². The number of benzene rings is 2. The number of fused-ring (bicyclic) bond motifs is 1. The number of thioether (sulfide) groups is 1. The number of hydrogen-bond acceptors (Lipinski definition) is 6. The van der Waals surface area contributed by atoms with Gasteiger partial charge in [0.15, 0.2) is 5.13 Å². The summed E-state index contributed by atoms with van der Waals surface area (Å²) in [5, 5.41) is 3.96. The molecule has 3 aromatic rings. The largest absolute Gasteiger partial charge is 0.354 e. The Labute approximate surface area is 177 Å². The number of nitrogens with zero attached hydrogens (tertiary/aromatic N) is 3. The molecule has 0 bridgehead atoms. The average Bonchev–Trinajstić information content (AvgIpc) is 3.17. The van der Waals surface area contributed by atoms with Crippen LogP contribution in [0.25, 0.3) is 10.2 Å². The molecule has 5 nitrogen and oxygen atoms in total. The lowest BCUT2D eigenvalue weighted by Gasteiger charge is -2.34. The number of thiazole rings is 1. The number of nitrogens with one attached hydrogen (secondary N) is 1. The fraction of sp³-hybridized carbons (Fsp3) is 0.333. The Morgan fingerprint density at radius 1 is 1.14 bits per heavy atom. The van der Waals surface area contributed by atoms with Crippen LogP contribution < -0.4 is 10.2 Å². The second-order valence-corrected chi connectivity index (χ2v) is 8.95. The molecule has 8 heteroatoms. The molecule has 1 aromatic heterocycles. The zero-order chi connectivity index (χ0) is 20.1. The molecular formula is C21H23FN4OS2. The lowest BCUT2D eigenvalue weighted by Crippen LogP contribution is -2.48. The fourth-order valence-corrected chi connectivity index (χ4v) is 5.05. The highest BCUT2D eigenvalue weighted by atomic mass is 32.2. The molecule has 1 fully saturated rings. The number of aromatic nitrogens is 1. The van der Waals surface area contributed by atoms with Gasteiger partial charge >= 0.3 is 0 Å². The summed E-state index contributed by atoms with van der Waals surface area (Å²) in [6.45, 7) is 5.15. The molecule has 1 aliphatic rings. The first kappa shape index (κ1) is 20.1. The third-order valence-corrected chi connectivity index (χ3v) is 6.94. The summed E-state index contributed by atoms with van der Waals surface area (Å²) in [6.07, 6.45) is 0. The molecule has 0 atom stereocenters. The van der Waals surface area contributed by atoms with Crippen molar-refractivity contribution < 1.29 is 9.18 Å². The molecule has 0 unspecified atom stereocenters. The van der Waals surface area contributed by atoms with Gasteiger partial charge in [0, 0.05) is 44.2 Å². The Balaban J connectivity index is 1.17. The van der Waals surface area contributed by atoms with E-state index in [2.05, 4.69) is 20.1 Å². The van der Waals surface area contributed by atoms with Crippen molar-refractivity contribution in [1.29, 1.82) is 0 Å². The van der Waals surface area contributed by atoms with Crippen molar-refractivity contribution in [1.82, 2.24) is 15.2 Å². The summed E-state index contributed by atoms with van der Waals surface area (Å²) in [5.41, 5.74) is 0.852. The van der Waals surface area contributed by atoms with Gasteiger partial charge in [0.25, 0.3) is 0 Å². The van der Waals surface area contributed by atoms with Crippen molar-refractivity contribution in [3.63, 3.8) is 0 Å². The Kier molecular flexibility index (Phi) is 6.63. The maximum Gasteiger partial charge on any atom is 0.230 e. The Morgan fingerprint density at radius 2 is 1.93 bits per heavy atom. The van der Waals surface area contributed by atoms with Crippen LogP contribution in [0.1, 0.15) is 0 Å². The lowest BCUT2D eigenvalue weighted by molar-refractivity contribution is -0.118. The van der Waals surface area contributed by atoms with Gasteiger partial charge in [-0.1, -0.05) is 29.5 Å². The number of halogens is 1. The SMILES string of the molecule is O=C(CSc1ccccc1)NCCN1CCN(c2nc3ccc(F)cc3s2)CC1. The van der Waals surface area contributed by atoms with Crippen LogP contribution in [0.4, 0.5) is 9.52 Å². The van der Waals surface area contributed by atoms with E-state index in [-0.39, 0.29) is 11.7 Å². The van der Waals surface area contributed by atoms with Crippen molar-refractivity contribution in [2.24, 2.45) is 0 Å². The number of carbonyl (C=O) groups is 1. The van der Waals surface area contributed by atoms with E-state index in [0.29, 0.717) is 12.3 Å². The lowest BCUT2D eigenvalue weighted by atomic mass is 10.3. The molecule has 2 aromatic carbocycles. The van der Waals surface area contributed by atoms with Crippen LogP contribution in [0.15, 0.2) is 53.4 Å². The Bertz CT molecular complexity index is 958. The molecule has 0 saturated carbocycles. The van der Waals surface area contributed by atoms with Crippen LogP contribution in [-0.2, 0) is 4.79 Å².